The molecule has 0 amide bonds. The van der Waals surface area contributed by atoms with Gasteiger partial charge in [-0.15, -0.1) is 0 Å². The molecular formula is C21H30N2O2. The summed E-state index contributed by atoms with van der Waals surface area (Å²) < 4.78 is 12.3. The molecule has 0 aliphatic heterocycles. The molecule has 0 spiro atoms. The zero-order chi connectivity index (χ0) is 18.2. The number of nitrogens with two attached hydrogens (primary N) is 2. The highest BCUT2D eigenvalue weighted by Gasteiger charge is 2.15. The van der Waals surface area contributed by atoms with Crippen LogP contribution in [0, 0.1) is 13.8 Å². The summed E-state index contributed by atoms with van der Waals surface area (Å²) in [6, 6.07) is 11.4. The van der Waals surface area contributed by atoms with Gasteiger partial charge in [-0.05, 0) is 56.2 Å². The van der Waals surface area contributed by atoms with Crippen LogP contribution in [-0.4, -0.2) is 6.29 Å². The van der Waals surface area contributed by atoms with Crippen LogP contribution < -0.4 is 20.9 Å². The van der Waals surface area contributed by atoms with E-state index >= 15 is 0 Å². The van der Waals surface area contributed by atoms with Gasteiger partial charge in [0.2, 0.25) is 6.29 Å². The number of unbranched alkanes of at least 4 members (excludes halogenated alkanes) is 3. The average molecular weight is 342 g/mol. The summed E-state index contributed by atoms with van der Waals surface area (Å²) in [5, 5.41) is 0. The molecule has 0 aliphatic carbocycles. The first-order chi connectivity index (χ1) is 12.0. The van der Waals surface area contributed by atoms with Gasteiger partial charge in [0.25, 0.3) is 0 Å². The summed E-state index contributed by atoms with van der Waals surface area (Å²) in [6.45, 7) is 6.14. The number of hydrogen-bond acceptors (Lipinski definition) is 4. The molecule has 2 aromatic rings. The molecular weight excluding hydrogens is 312 g/mol. The lowest BCUT2D eigenvalue weighted by Gasteiger charge is -2.22. The van der Waals surface area contributed by atoms with Gasteiger partial charge >= 0.3 is 0 Å². The molecule has 0 saturated heterocycles. The minimum absolute atomic E-state index is 0.347. The Hall–Kier alpha value is -2.36. The van der Waals surface area contributed by atoms with Crippen LogP contribution in [0.5, 0.6) is 11.5 Å². The zero-order valence-electron chi connectivity index (χ0n) is 15.5. The highest BCUT2D eigenvalue weighted by atomic mass is 16.7. The molecule has 0 fully saturated rings. The fourth-order valence-electron chi connectivity index (χ4n) is 2.65. The molecule has 4 heteroatoms. The Morgan fingerprint density at radius 2 is 1.72 bits per heavy atom. The summed E-state index contributed by atoms with van der Waals surface area (Å²) in [7, 11) is 0. The van der Waals surface area contributed by atoms with E-state index in [-0.39, 0.29) is 6.29 Å². The summed E-state index contributed by atoms with van der Waals surface area (Å²) in [5.41, 5.74) is 15.3. The van der Waals surface area contributed by atoms with Crippen LogP contribution in [0.1, 0.15) is 50.2 Å². The smallest absolute Gasteiger partial charge is 0.241 e. The zero-order valence-corrected chi connectivity index (χ0v) is 15.5. The van der Waals surface area contributed by atoms with E-state index in [9.17, 15) is 0 Å². The first-order valence-electron chi connectivity index (χ1n) is 9.05. The van der Waals surface area contributed by atoms with Crippen molar-refractivity contribution >= 4 is 11.4 Å². The SMILES string of the molecule is CCCCCCC(Oc1ccc(N)c(C)c1)Oc1cccc(N)c1C. The Balaban J connectivity index is 2.11. The maximum atomic E-state index is 6.15. The number of anilines is 2. The highest BCUT2D eigenvalue weighted by molar-refractivity contribution is 5.53. The van der Waals surface area contributed by atoms with Crippen molar-refractivity contribution in [3.63, 3.8) is 0 Å². The summed E-state index contributed by atoms with van der Waals surface area (Å²) in [4.78, 5) is 0. The first kappa shape index (κ1) is 19.0. The number of benzene rings is 2. The Labute approximate surface area is 151 Å². The molecule has 2 aromatic carbocycles. The fraction of sp³-hybridized carbons (Fsp3) is 0.429. The Morgan fingerprint density at radius 1 is 0.920 bits per heavy atom. The fourth-order valence-corrected chi connectivity index (χ4v) is 2.65. The van der Waals surface area contributed by atoms with Crippen LogP contribution in [0.4, 0.5) is 11.4 Å². The second-order valence-corrected chi connectivity index (χ2v) is 6.50. The van der Waals surface area contributed by atoms with Gasteiger partial charge in [0.1, 0.15) is 11.5 Å². The van der Waals surface area contributed by atoms with Gasteiger partial charge < -0.3 is 20.9 Å². The quantitative estimate of drug-likeness (QED) is 0.372. The summed E-state index contributed by atoms with van der Waals surface area (Å²) >= 11 is 0. The van der Waals surface area contributed by atoms with Crippen molar-refractivity contribution in [2.45, 2.75) is 59.2 Å². The van der Waals surface area contributed by atoms with Crippen molar-refractivity contribution < 1.29 is 9.47 Å². The molecule has 4 N–H and O–H groups in total. The third-order valence-corrected chi connectivity index (χ3v) is 4.39. The van der Waals surface area contributed by atoms with E-state index in [4.69, 9.17) is 20.9 Å². The summed E-state index contributed by atoms with van der Waals surface area (Å²) in [6.07, 6.45) is 5.16. The third-order valence-electron chi connectivity index (χ3n) is 4.39. The normalized spacial score (nSPS) is 12.0. The van der Waals surface area contributed by atoms with E-state index in [1.807, 2.05) is 50.2 Å². The van der Waals surface area contributed by atoms with Crippen molar-refractivity contribution in [1.29, 1.82) is 0 Å². The largest absolute Gasteiger partial charge is 0.455 e. The Bertz CT molecular complexity index is 686. The van der Waals surface area contributed by atoms with Gasteiger partial charge in [0.15, 0.2) is 0 Å². The lowest BCUT2D eigenvalue weighted by atomic mass is 10.1. The van der Waals surface area contributed by atoms with Gasteiger partial charge in [-0.1, -0.05) is 32.3 Å². The monoisotopic (exact) mass is 342 g/mol. The molecule has 136 valence electrons. The van der Waals surface area contributed by atoms with E-state index in [0.717, 1.165) is 46.8 Å². The molecule has 2 rings (SSSR count). The molecule has 0 aromatic heterocycles. The topological polar surface area (TPSA) is 70.5 Å². The van der Waals surface area contributed by atoms with E-state index in [2.05, 4.69) is 6.92 Å². The van der Waals surface area contributed by atoms with Crippen LogP contribution in [0.3, 0.4) is 0 Å². The predicted octanol–water partition coefficient (Wildman–Crippen LogP) is 5.22. The van der Waals surface area contributed by atoms with Crippen LogP contribution >= 0.6 is 0 Å². The number of aryl methyl sites for hydroxylation is 1. The van der Waals surface area contributed by atoms with Gasteiger partial charge in [-0.25, -0.2) is 0 Å². The van der Waals surface area contributed by atoms with Gasteiger partial charge in [0, 0.05) is 23.4 Å². The van der Waals surface area contributed by atoms with Crippen LogP contribution in [-0.2, 0) is 0 Å². The summed E-state index contributed by atoms with van der Waals surface area (Å²) in [5.74, 6) is 1.54. The predicted molar refractivity (Wildman–Crippen MR) is 105 cm³/mol. The van der Waals surface area contributed by atoms with Crippen LogP contribution in [0.2, 0.25) is 0 Å². The average Bonchev–Trinajstić information content (AvgIpc) is 2.59. The molecule has 0 heterocycles. The molecule has 25 heavy (non-hydrogen) atoms. The van der Waals surface area contributed by atoms with Crippen molar-refractivity contribution in [1.82, 2.24) is 0 Å². The van der Waals surface area contributed by atoms with Crippen molar-refractivity contribution in [2.24, 2.45) is 0 Å². The second kappa shape index (κ2) is 9.21. The van der Waals surface area contributed by atoms with Gasteiger partial charge in [0.05, 0.1) is 0 Å². The van der Waals surface area contributed by atoms with Gasteiger partial charge in [-0.2, -0.15) is 0 Å². The number of nitrogen functional groups attached to an aromatic ring is 2. The molecule has 0 saturated carbocycles. The van der Waals surface area contributed by atoms with Crippen LogP contribution in [0.15, 0.2) is 36.4 Å². The number of hydrogen-bond donors (Lipinski definition) is 2. The molecule has 0 bridgehead atoms. The molecule has 1 unspecified atom stereocenters. The Kier molecular flexibility index (Phi) is 6.99. The minimum atomic E-state index is -0.347. The van der Waals surface area contributed by atoms with Crippen molar-refractivity contribution in [2.75, 3.05) is 11.5 Å². The van der Waals surface area contributed by atoms with E-state index < -0.39 is 0 Å². The highest BCUT2D eigenvalue weighted by Crippen LogP contribution is 2.27. The standard InChI is InChI=1S/C21H30N2O2/c1-4-5-6-7-11-21(24-17-12-13-18(22)15(2)14-17)25-20-10-8-9-19(23)16(20)3/h8-10,12-14,21H,4-7,11,22-23H2,1-3H3. The lowest BCUT2D eigenvalue weighted by molar-refractivity contribution is -0.00289. The number of rotatable bonds is 9. The van der Waals surface area contributed by atoms with Crippen molar-refractivity contribution in [3.05, 3.63) is 47.5 Å². The van der Waals surface area contributed by atoms with Crippen LogP contribution in [0.25, 0.3) is 0 Å². The third kappa shape index (κ3) is 5.59. The Morgan fingerprint density at radius 3 is 2.44 bits per heavy atom. The maximum Gasteiger partial charge on any atom is 0.241 e. The van der Waals surface area contributed by atoms with Crippen molar-refractivity contribution in [3.8, 4) is 11.5 Å². The molecule has 1 atom stereocenters. The molecule has 0 aliphatic rings. The van der Waals surface area contributed by atoms with E-state index in [0.29, 0.717) is 0 Å². The minimum Gasteiger partial charge on any atom is -0.455 e. The number of ether oxygens (including phenoxy) is 2. The van der Waals surface area contributed by atoms with E-state index in [1.54, 1.807) is 0 Å². The lowest BCUT2D eigenvalue weighted by Crippen LogP contribution is -2.24. The maximum absolute atomic E-state index is 6.15. The first-order valence-corrected chi connectivity index (χ1v) is 9.05. The second-order valence-electron chi connectivity index (χ2n) is 6.50. The van der Waals surface area contributed by atoms with E-state index in [1.165, 1.54) is 19.3 Å². The molecule has 4 nitrogen and oxygen atoms in total. The molecule has 0 radical (unpaired) electrons. The van der Waals surface area contributed by atoms with Gasteiger partial charge in [-0.3, -0.25) is 0 Å².